The van der Waals surface area contributed by atoms with Crippen molar-refractivity contribution in [3.8, 4) is 0 Å². The van der Waals surface area contributed by atoms with E-state index in [2.05, 4.69) is 35.0 Å². The quantitative estimate of drug-likeness (QED) is 0.736. The van der Waals surface area contributed by atoms with Crippen LogP contribution in [0.2, 0.25) is 0 Å². The van der Waals surface area contributed by atoms with E-state index in [4.69, 9.17) is 0 Å². The van der Waals surface area contributed by atoms with Crippen LogP contribution in [0.3, 0.4) is 0 Å². The lowest BCUT2D eigenvalue weighted by Crippen LogP contribution is -1.77. The van der Waals surface area contributed by atoms with Crippen molar-refractivity contribution in [3.05, 3.63) is 44.8 Å². The molecule has 0 amide bonds. The molecule has 2 aromatic rings. The van der Waals surface area contributed by atoms with Crippen LogP contribution in [0.4, 0.5) is 0 Å². The smallest absolute Gasteiger partial charge is 0.0409 e. The van der Waals surface area contributed by atoms with Crippen LogP contribution in [-0.4, -0.2) is 5.75 Å². The van der Waals surface area contributed by atoms with Gasteiger partial charge in [-0.25, -0.2) is 0 Å². The van der Waals surface area contributed by atoms with E-state index in [0.717, 1.165) is 0 Å². The van der Waals surface area contributed by atoms with Crippen LogP contribution in [0, 0.1) is 0 Å². The van der Waals surface area contributed by atoms with E-state index >= 15 is 0 Å². The molecule has 0 aromatic carbocycles. The lowest BCUT2D eigenvalue weighted by Gasteiger charge is -2.01. The SMILES string of the molecule is c1csc(C2=C(c3cccs3)SCC2)c1. The largest absolute Gasteiger partial charge is 0.144 e. The third-order valence-corrected chi connectivity index (χ3v) is 5.55. The van der Waals surface area contributed by atoms with Crippen molar-refractivity contribution in [2.45, 2.75) is 6.42 Å². The predicted molar refractivity (Wildman–Crippen MR) is 72.5 cm³/mol. The number of hydrogen-bond acceptors (Lipinski definition) is 3. The van der Waals surface area contributed by atoms with Gasteiger partial charge in [0.1, 0.15) is 0 Å². The molecule has 3 heterocycles. The van der Waals surface area contributed by atoms with Crippen LogP contribution in [0.15, 0.2) is 35.0 Å². The second kappa shape index (κ2) is 4.16. The summed E-state index contributed by atoms with van der Waals surface area (Å²) in [5.74, 6) is 1.24. The van der Waals surface area contributed by atoms with Gasteiger partial charge in [-0.2, -0.15) is 0 Å². The topological polar surface area (TPSA) is 0 Å². The first-order valence-electron chi connectivity index (χ1n) is 4.89. The highest BCUT2D eigenvalue weighted by Gasteiger charge is 2.19. The van der Waals surface area contributed by atoms with Gasteiger partial charge in [-0.3, -0.25) is 0 Å². The summed E-state index contributed by atoms with van der Waals surface area (Å²) >= 11 is 5.70. The van der Waals surface area contributed by atoms with Crippen molar-refractivity contribution >= 4 is 44.9 Å². The molecule has 0 aliphatic carbocycles. The Morgan fingerprint density at radius 3 is 2.33 bits per heavy atom. The fourth-order valence-corrected chi connectivity index (χ4v) is 4.76. The molecule has 76 valence electrons. The van der Waals surface area contributed by atoms with Gasteiger partial charge in [0.2, 0.25) is 0 Å². The molecule has 0 saturated heterocycles. The van der Waals surface area contributed by atoms with E-state index in [1.807, 2.05) is 34.4 Å². The average Bonchev–Trinajstić information content (AvgIpc) is 3.01. The maximum absolute atomic E-state index is 2.24. The van der Waals surface area contributed by atoms with Crippen LogP contribution < -0.4 is 0 Å². The molecule has 0 radical (unpaired) electrons. The van der Waals surface area contributed by atoms with Gasteiger partial charge < -0.3 is 0 Å². The number of rotatable bonds is 2. The molecule has 0 nitrogen and oxygen atoms in total. The van der Waals surface area contributed by atoms with E-state index < -0.39 is 0 Å². The Morgan fingerprint density at radius 1 is 0.933 bits per heavy atom. The zero-order valence-corrected chi connectivity index (χ0v) is 10.6. The Hall–Kier alpha value is -0.510. The van der Waals surface area contributed by atoms with Crippen molar-refractivity contribution < 1.29 is 0 Å². The summed E-state index contributed by atoms with van der Waals surface area (Å²) in [6.07, 6.45) is 1.22. The Kier molecular flexibility index (Phi) is 2.69. The molecule has 0 spiro atoms. The molecule has 0 unspecified atom stereocenters. The highest BCUT2D eigenvalue weighted by Crippen LogP contribution is 2.46. The first kappa shape index (κ1) is 9.70. The van der Waals surface area contributed by atoms with Crippen LogP contribution in [0.5, 0.6) is 0 Å². The van der Waals surface area contributed by atoms with Gasteiger partial charge in [-0.1, -0.05) is 12.1 Å². The molecule has 15 heavy (non-hydrogen) atoms. The molecule has 3 rings (SSSR count). The Labute approximate surface area is 102 Å². The van der Waals surface area contributed by atoms with Crippen molar-refractivity contribution in [1.82, 2.24) is 0 Å². The third-order valence-electron chi connectivity index (χ3n) is 2.44. The van der Waals surface area contributed by atoms with Crippen molar-refractivity contribution in [2.75, 3.05) is 5.75 Å². The maximum Gasteiger partial charge on any atom is 0.0409 e. The minimum Gasteiger partial charge on any atom is -0.144 e. The average molecular weight is 250 g/mol. The van der Waals surface area contributed by atoms with Crippen molar-refractivity contribution in [3.63, 3.8) is 0 Å². The number of thioether (sulfide) groups is 1. The van der Waals surface area contributed by atoms with Gasteiger partial charge in [0.05, 0.1) is 0 Å². The minimum absolute atomic E-state index is 1.22. The molecule has 2 aromatic heterocycles. The molecule has 3 heteroatoms. The number of allylic oxidation sites excluding steroid dienone is 1. The van der Waals surface area contributed by atoms with Gasteiger partial charge in [0, 0.05) is 20.4 Å². The predicted octanol–water partition coefficient (Wildman–Crippen LogP) is 4.81. The van der Waals surface area contributed by atoms with Crippen LogP contribution in [0.25, 0.3) is 10.5 Å². The fraction of sp³-hybridized carbons (Fsp3) is 0.167. The second-order valence-electron chi connectivity index (χ2n) is 3.36. The van der Waals surface area contributed by atoms with E-state index in [9.17, 15) is 0 Å². The monoisotopic (exact) mass is 250 g/mol. The van der Waals surface area contributed by atoms with Gasteiger partial charge >= 0.3 is 0 Å². The zero-order chi connectivity index (χ0) is 10.1. The third kappa shape index (κ3) is 1.80. The summed E-state index contributed by atoms with van der Waals surface area (Å²) in [6, 6.07) is 8.74. The molecular formula is C12H10S3. The molecule has 0 atom stereocenters. The van der Waals surface area contributed by atoms with Gasteiger partial charge in [0.15, 0.2) is 0 Å². The fourth-order valence-electron chi connectivity index (χ4n) is 1.77. The van der Waals surface area contributed by atoms with E-state index in [0.29, 0.717) is 0 Å². The lowest BCUT2D eigenvalue weighted by molar-refractivity contribution is 1.30. The molecule has 0 bridgehead atoms. The summed E-state index contributed by atoms with van der Waals surface area (Å²) in [5, 5.41) is 4.32. The molecule has 0 saturated carbocycles. The zero-order valence-electron chi connectivity index (χ0n) is 8.10. The van der Waals surface area contributed by atoms with Gasteiger partial charge in [0.25, 0.3) is 0 Å². The molecule has 1 aliphatic rings. The van der Waals surface area contributed by atoms with Crippen LogP contribution in [-0.2, 0) is 0 Å². The molecule has 1 aliphatic heterocycles. The molecular weight excluding hydrogens is 240 g/mol. The standard InChI is InChI=1S/C12H10S3/c1-3-10(13-6-1)9-5-8-15-12(9)11-4-2-7-14-11/h1-4,6-7H,5,8H2. The normalized spacial score (nSPS) is 16.3. The summed E-state index contributed by atoms with van der Waals surface area (Å²) in [7, 11) is 0. The van der Waals surface area contributed by atoms with Crippen molar-refractivity contribution in [1.29, 1.82) is 0 Å². The van der Waals surface area contributed by atoms with E-state index in [1.165, 1.54) is 26.8 Å². The lowest BCUT2D eigenvalue weighted by atomic mass is 10.1. The number of hydrogen-bond donors (Lipinski definition) is 0. The van der Waals surface area contributed by atoms with Crippen molar-refractivity contribution in [2.24, 2.45) is 0 Å². The Bertz CT molecular complexity index is 419. The highest BCUT2D eigenvalue weighted by molar-refractivity contribution is 8.09. The van der Waals surface area contributed by atoms with Gasteiger partial charge in [-0.05, 0) is 34.9 Å². The Morgan fingerprint density at radius 2 is 1.67 bits per heavy atom. The van der Waals surface area contributed by atoms with Crippen LogP contribution in [0.1, 0.15) is 16.2 Å². The summed E-state index contributed by atoms with van der Waals surface area (Å²) < 4.78 is 0. The van der Waals surface area contributed by atoms with Crippen LogP contribution >= 0.6 is 34.4 Å². The minimum atomic E-state index is 1.22. The summed E-state index contributed by atoms with van der Waals surface area (Å²) in [6.45, 7) is 0. The molecule has 0 fully saturated rings. The highest BCUT2D eigenvalue weighted by atomic mass is 32.2. The number of thiophene rings is 2. The summed E-state index contributed by atoms with van der Waals surface area (Å²) in [5.41, 5.74) is 1.55. The maximum atomic E-state index is 2.24. The van der Waals surface area contributed by atoms with Gasteiger partial charge in [-0.15, -0.1) is 34.4 Å². The Balaban J connectivity index is 2.09. The van der Waals surface area contributed by atoms with E-state index in [-0.39, 0.29) is 0 Å². The first-order chi connectivity index (χ1) is 7.45. The first-order valence-corrected chi connectivity index (χ1v) is 7.63. The van der Waals surface area contributed by atoms with E-state index in [1.54, 1.807) is 5.57 Å². The summed E-state index contributed by atoms with van der Waals surface area (Å²) in [4.78, 5) is 4.39. The molecule has 0 N–H and O–H groups in total. The second-order valence-corrected chi connectivity index (χ2v) is 6.36.